The first-order valence-electron chi connectivity index (χ1n) is 7.27. The molecule has 3 fully saturated rings. The van der Waals surface area contributed by atoms with Gasteiger partial charge in [-0.05, 0) is 44.2 Å². The van der Waals surface area contributed by atoms with Crippen LogP contribution in [0.5, 0.6) is 0 Å². The van der Waals surface area contributed by atoms with Crippen LogP contribution in [0, 0.1) is 11.8 Å². The third-order valence-corrected chi connectivity index (χ3v) is 6.88. The van der Waals surface area contributed by atoms with Gasteiger partial charge in [0.05, 0.1) is 11.5 Å². The molecule has 18 heavy (non-hydrogen) atoms. The van der Waals surface area contributed by atoms with Crippen LogP contribution in [0.1, 0.15) is 26.2 Å². The second-order valence-electron chi connectivity index (χ2n) is 6.14. The van der Waals surface area contributed by atoms with Gasteiger partial charge in [-0.25, -0.2) is 8.42 Å². The molecule has 1 N–H and O–H groups in total. The standard InChI is InChI=1S/C13H24N2O2S/c1-2-13-12-8-14-7-10(12)9-15(13)11-3-5-18(16,17)6-4-11/h10-14H,2-9H2,1H3. The average Bonchev–Trinajstić information content (AvgIpc) is 2.88. The highest BCUT2D eigenvalue weighted by atomic mass is 32.2. The number of nitrogens with zero attached hydrogens (tertiary/aromatic N) is 1. The summed E-state index contributed by atoms with van der Waals surface area (Å²) in [4.78, 5) is 2.64. The number of likely N-dealkylation sites (tertiary alicyclic amines) is 1. The van der Waals surface area contributed by atoms with Crippen molar-refractivity contribution in [2.45, 2.75) is 38.3 Å². The fourth-order valence-electron chi connectivity index (χ4n) is 4.22. The highest BCUT2D eigenvalue weighted by molar-refractivity contribution is 7.91. The smallest absolute Gasteiger partial charge is 0.150 e. The van der Waals surface area contributed by atoms with Crippen LogP contribution in [0.15, 0.2) is 0 Å². The van der Waals surface area contributed by atoms with Crippen molar-refractivity contribution < 1.29 is 8.42 Å². The predicted molar refractivity (Wildman–Crippen MR) is 72.3 cm³/mol. The minimum atomic E-state index is -2.73. The number of hydrogen-bond acceptors (Lipinski definition) is 4. The summed E-state index contributed by atoms with van der Waals surface area (Å²) in [6.07, 6.45) is 2.91. The van der Waals surface area contributed by atoms with Gasteiger partial charge in [0, 0.05) is 18.6 Å². The second-order valence-corrected chi connectivity index (χ2v) is 8.44. The first-order valence-corrected chi connectivity index (χ1v) is 9.10. The van der Waals surface area contributed by atoms with Gasteiger partial charge in [-0.15, -0.1) is 0 Å². The van der Waals surface area contributed by atoms with E-state index in [-0.39, 0.29) is 0 Å². The number of nitrogens with one attached hydrogen (secondary N) is 1. The molecule has 0 spiro atoms. The zero-order valence-corrected chi connectivity index (χ0v) is 12.0. The van der Waals surface area contributed by atoms with Gasteiger partial charge in [-0.1, -0.05) is 6.92 Å². The zero-order chi connectivity index (χ0) is 12.8. The molecule has 5 heteroatoms. The summed E-state index contributed by atoms with van der Waals surface area (Å²) in [7, 11) is -2.73. The van der Waals surface area contributed by atoms with Crippen molar-refractivity contribution in [3.63, 3.8) is 0 Å². The maximum Gasteiger partial charge on any atom is 0.150 e. The van der Waals surface area contributed by atoms with Crippen LogP contribution in [0.4, 0.5) is 0 Å². The lowest BCUT2D eigenvalue weighted by molar-refractivity contribution is 0.144. The van der Waals surface area contributed by atoms with Gasteiger partial charge in [-0.2, -0.15) is 0 Å². The van der Waals surface area contributed by atoms with Crippen molar-refractivity contribution in [2.24, 2.45) is 11.8 Å². The van der Waals surface area contributed by atoms with Gasteiger partial charge in [0.25, 0.3) is 0 Å². The van der Waals surface area contributed by atoms with Crippen LogP contribution in [0.2, 0.25) is 0 Å². The molecular formula is C13H24N2O2S. The maximum atomic E-state index is 11.5. The summed E-state index contributed by atoms with van der Waals surface area (Å²) in [6, 6.07) is 1.19. The Bertz CT molecular complexity index is 395. The van der Waals surface area contributed by atoms with E-state index in [0.29, 0.717) is 23.6 Å². The molecule has 4 nitrogen and oxygen atoms in total. The molecule has 3 heterocycles. The quantitative estimate of drug-likeness (QED) is 0.795. The third kappa shape index (κ3) is 2.21. The highest BCUT2D eigenvalue weighted by Gasteiger charge is 2.46. The maximum absolute atomic E-state index is 11.5. The van der Waals surface area contributed by atoms with Crippen LogP contribution >= 0.6 is 0 Å². The molecule has 3 aliphatic rings. The van der Waals surface area contributed by atoms with Gasteiger partial charge in [0.1, 0.15) is 9.84 Å². The Balaban J connectivity index is 1.69. The number of hydrogen-bond donors (Lipinski definition) is 1. The normalized spacial score (nSPS) is 41.1. The fourth-order valence-corrected chi connectivity index (χ4v) is 5.69. The highest BCUT2D eigenvalue weighted by Crippen LogP contribution is 2.37. The van der Waals surface area contributed by atoms with E-state index in [1.54, 1.807) is 0 Å². The SMILES string of the molecule is CCC1C2CNCC2CN1C1CCS(=O)(=O)CC1. The van der Waals surface area contributed by atoms with E-state index in [9.17, 15) is 8.42 Å². The molecule has 0 saturated carbocycles. The number of fused-ring (bicyclic) bond motifs is 1. The minimum absolute atomic E-state index is 0.401. The van der Waals surface area contributed by atoms with Crippen molar-refractivity contribution >= 4 is 9.84 Å². The molecule has 3 atom stereocenters. The van der Waals surface area contributed by atoms with Gasteiger partial charge in [0.15, 0.2) is 0 Å². The molecule has 3 aliphatic heterocycles. The predicted octanol–water partition coefficient (Wildman–Crippen LogP) is 0.493. The van der Waals surface area contributed by atoms with Crippen molar-refractivity contribution in [1.82, 2.24) is 10.2 Å². The lowest BCUT2D eigenvalue weighted by atomic mass is 9.92. The average molecular weight is 272 g/mol. The molecule has 0 amide bonds. The van der Waals surface area contributed by atoms with E-state index in [0.717, 1.165) is 37.8 Å². The minimum Gasteiger partial charge on any atom is -0.316 e. The summed E-state index contributed by atoms with van der Waals surface area (Å²) in [5.74, 6) is 2.40. The monoisotopic (exact) mass is 272 g/mol. The van der Waals surface area contributed by atoms with Gasteiger partial charge in [0.2, 0.25) is 0 Å². The number of rotatable bonds is 2. The van der Waals surface area contributed by atoms with Gasteiger partial charge in [-0.3, -0.25) is 4.90 Å². The molecule has 0 bridgehead atoms. The van der Waals surface area contributed by atoms with Crippen LogP contribution in [-0.4, -0.2) is 56.5 Å². The van der Waals surface area contributed by atoms with E-state index in [1.807, 2.05) is 0 Å². The summed E-state index contributed by atoms with van der Waals surface area (Å²) in [5.41, 5.74) is 0. The molecule has 3 unspecified atom stereocenters. The molecule has 0 radical (unpaired) electrons. The largest absolute Gasteiger partial charge is 0.316 e. The molecule has 0 aromatic rings. The summed E-state index contributed by atoms with van der Waals surface area (Å²) < 4.78 is 23.1. The van der Waals surface area contributed by atoms with Gasteiger partial charge < -0.3 is 5.32 Å². The molecule has 3 saturated heterocycles. The molecule has 0 aliphatic carbocycles. The molecule has 0 aromatic carbocycles. The van der Waals surface area contributed by atoms with E-state index in [1.165, 1.54) is 13.0 Å². The first-order chi connectivity index (χ1) is 8.61. The number of sulfone groups is 1. The second kappa shape index (κ2) is 4.76. The van der Waals surface area contributed by atoms with Crippen molar-refractivity contribution in [2.75, 3.05) is 31.1 Å². The van der Waals surface area contributed by atoms with E-state index in [2.05, 4.69) is 17.1 Å². The van der Waals surface area contributed by atoms with Crippen molar-refractivity contribution in [3.8, 4) is 0 Å². The summed E-state index contributed by atoms with van der Waals surface area (Å²) in [6.45, 7) is 5.77. The van der Waals surface area contributed by atoms with Crippen LogP contribution < -0.4 is 5.32 Å². The molecular weight excluding hydrogens is 248 g/mol. The van der Waals surface area contributed by atoms with Crippen molar-refractivity contribution in [1.29, 1.82) is 0 Å². The van der Waals surface area contributed by atoms with E-state index >= 15 is 0 Å². The Morgan fingerprint density at radius 1 is 1.22 bits per heavy atom. The summed E-state index contributed by atoms with van der Waals surface area (Å²) in [5, 5.41) is 3.50. The van der Waals surface area contributed by atoms with Crippen LogP contribution in [-0.2, 0) is 9.84 Å². The Morgan fingerprint density at radius 2 is 1.94 bits per heavy atom. The fraction of sp³-hybridized carbons (Fsp3) is 1.00. The molecule has 0 aromatic heterocycles. The molecule has 104 valence electrons. The van der Waals surface area contributed by atoms with E-state index in [4.69, 9.17) is 0 Å². The Labute approximate surface area is 110 Å². The Morgan fingerprint density at radius 3 is 2.61 bits per heavy atom. The first kappa shape index (κ1) is 12.9. The Kier molecular flexibility index (Phi) is 3.41. The van der Waals surface area contributed by atoms with E-state index < -0.39 is 9.84 Å². The third-order valence-electron chi connectivity index (χ3n) is 5.17. The van der Waals surface area contributed by atoms with Crippen molar-refractivity contribution in [3.05, 3.63) is 0 Å². The van der Waals surface area contributed by atoms with Crippen LogP contribution in [0.3, 0.4) is 0 Å². The Hall–Kier alpha value is -0.130. The lowest BCUT2D eigenvalue weighted by Gasteiger charge is -2.36. The molecule has 3 rings (SSSR count). The topological polar surface area (TPSA) is 49.4 Å². The van der Waals surface area contributed by atoms with Crippen LogP contribution in [0.25, 0.3) is 0 Å². The zero-order valence-electron chi connectivity index (χ0n) is 11.1. The van der Waals surface area contributed by atoms with Gasteiger partial charge >= 0.3 is 0 Å². The lowest BCUT2D eigenvalue weighted by Crippen LogP contribution is -2.46. The summed E-state index contributed by atoms with van der Waals surface area (Å²) >= 11 is 0.